The van der Waals surface area contributed by atoms with E-state index in [2.05, 4.69) is 19.9 Å². The fourth-order valence-corrected chi connectivity index (χ4v) is 8.75. The molecular formula is C25H36O5. The van der Waals surface area contributed by atoms with E-state index in [-0.39, 0.29) is 16.7 Å². The first-order chi connectivity index (χ1) is 14.3. The maximum absolute atomic E-state index is 12.5. The van der Waals surface area contributed by atoms with Crippen LogP contribution in [0.4, 0.5) is 0 Å². The van der Waals surface area contributed by atoms with Gasteiger partial charge < -0.3 is 14.2 Å². The summed E-state index contributed by atoms with van der Waals surface area (Å²) in [5.41, 5.74) is 1.60. The molecule has 4 aliphatic carbocycles. The van der Waals surface area contributed by atoms with Crippen molar-refractivity contribution in [2.24, 2.45) is 40.4 Å². The molecule has 5 aliphatic rings. The van der Waals surface area contributed by atoms with E-state index in [1.165, 1.54) is 5.57 Å². The lowest BCUT2D eigenvalue weighted by molar-refractivity contribution is -0.191. The molecule has 3 saturated carbocycles. The highest BCUT2D eigenvalue weighted by Crippen LogP contribution is 2.68. The van der Waals surface area contributed by atoms with E-state index in [0.717, 1.165) is 44.9 Å². The Balaban J connectivity index is 1.51. The van der Waals surface area contributed by atoms with Crippen molar-refractivity contribution < 1.29 is 23.8 Å². The van der Waals surface area contributed by atoms with Gasteiger partial charge in [-0.3, -0.25) is 9.59 Å². The van der Waals surface area contributed by atoms with Gasteiger partial charge in [-0.05, 0) is 73.5 Å². The highest BCUT2D eigenvalue weighted by Gasteiger charge is 2.63. The van der Waals surface area contributed by atoms with Gasteiger partial charge >= 0.3 is 0 Å². The highest BCUT2D eigenvalue weighted by molar-refractivity contribution is 5.79. The molecular weight excluding hydrogens is 380 g/mol. The zero-order valence-corrected chi connectivity index (χ0v) is 18.7. The lowest BCUT2D eigenvalue weighted by atomic mass is 9.44. The largest absolute Gasteiger partial charge is 0.468 e. The third kappa shape index (κ3) is 2.87. The first-order valence-corrected chi connectivity index (χ1v) is 11.9. The first kappa shape index (κ1) is 20.7. The number of Topliss-reactive ketones (excluding diaryl/α,β-unsaturated/α-hetero) is 1. The molecule has 1 heterocycles. The third-order valence-corrected chi connectivity index (χ3v) is 9.87. The average Bonchev–Trinajstić information content (AvgIpc) is 3.30. The minimum atomic E-state index is -0.413. The fraction of sp³-hybridized carbons (Fsp3) is 0.840. The molecule has 30 heavy (non-hydrogen) atoms. The van der Waals surface area contributed by atoms with E-state index in [1.54, 1.807) is 6.92 Å². The number of allylic oxidation sites excluding steroid dienone is 1. The Hall–Kier alpha value is -1.20. The molecule has 1 aliphatic heterocycles. The summed E-state index contributed by atoms with van der Waals surface area (Å²) < 4.78 is 17.5. The lowest BCUT2D eigenvalue weighted by Crippen LogP contribution is -2.56. The van der Waals surface area contributed by atoms with Gasteiger partial charge in [0.05, 0.1) is 19.8 Å². The molecule has 0 bridgehead atoms. The van der Waals surface area contributed by atoms with Crippen LogP contribution < -0.4 is 0 Å². The molecule has 5 nitrogen and oxygen atoms in total. The van der Waals surface area contributed by atoms with Crippen molar-refractivity contribution in [3.63, 3.8) is 0 Å². The van der Waals surface area contributed by atoms with Crippen molar-refractivity contribution in [3.05, 3.63) is 11.6 Å². The monoisotopic (exact) mass is 416 g/mol. The summed E-state index contributed by atoms with van der Waals surface area (Å²) in [4.78, 5) is 23.6. The quantitative estimate of drug-likeness (QED) is 0.505. The molecule has 4 fully saturated rings. The van der Waals surface area contributed by atoms with Crippen molar-refractivity contribution in [1.29, 1.82) is 0 Å². The van der Waals surface area contributed by atoms with E-state index in [4.69, 9.17) is 14.2 Å². The van der Waals surface area contributed by atoms with E-state index < -0.39 is 5.79 Å². The van der Waals surface area contributed by atoms with Crippen LogP contribution >= 0.6 is 0 Å². The second-order valence-electron chi connectivity index (χ2n) is 11.1. The van der Waals surface area contributed by atoms with Crippen LogP contribution in [0.25, 0.3) is 0 Å². The number of ether oxygens (including phenoxy) is 3. The van der Waals surface area contributed by atoms with E-state index in [1.807, 2.05) is 0 Å². The normalized spacial score (nSPS) is 46.5. The predicted octanol–water partition coefficient (Wildman–Crippen LogP) is 4.30. The summed E-state index contributed by atoms with van der Waals surface area (Å²) in [6.07, 6.45) is 9.55. The molecule has 166 valence electrons. The van der Waals surface area contributed by atoms with Crippen molar-refractivity contribution in [2.45, 2.75) is 71.5 Å². The Morgan fingerprint density at radius 2 is 2.00 bits per heavy atom. The number of rotatable bonds is 4. The molecule has 7 atom stereocenters. The molecule has 0 aromatic carbocycles. The summed E-state index contributed by atoms with van der Waals surface area (Å²) in [7, 11) is 0. The number of fused-ring (bicyclic) bond motifs is 5. The van der Waals surface area contributed by atoms with Crippen LogP contribution in [0.2, 0.25) is 0 Å². The molecule has 0 aromatic heterocycles. The summed E-state index contributed by atoms with van der Waals surface area (Å²) in [5.74, 6) is 1.99. The number of ketones is 1. The Bertz CT molecular complexity index is 753. The SMILES string of the molecule is CC(=O)C1CCC2C3CC=C4CC5(CC[C@]4(C)C3[C@H](COC=O)C[C@]12C)OCCO5. The van der Waals surface area contributed by atoms with Gasteiger partial charge in [-0.15, -0.1) is 0 Å². The number of carbonyl (C=O) groups excluding carboxylic acids is 2. The van der Waals surface area contributed by atoms with Gasteiger partial charge in [-0.2, -0.15) is 0 Å². The van der Waals surface area contributed by atoms with Gasteiger partial charge in [0.1, 0.15) is 5.78 Å². The molecule has 0 aromatic rings. The van der Waals surface area contributed by atoms with Gasteiger partial charge in [-0.1, -0.05) is 25.5 Å². The molecule has 0 radical (unpaired) electrons. The summed E-state index contributed by atoms with van der Waals surface area (Å²) >= 11 is 0. The number of carbonyl (C=O) groups is 2. The average molecular weight is 417 g/mol. The Kier molecular flexibility index (Phi) is 4.94. The van der Waals surface area contributed by atoms with Gasteiger partial charge in [-0.25, -0.2) is 0 Å². The molecule has 4 unspecified atom stereocenters. The molecule has 1 saturated heterocycles. The smallest absolute Gasteiger partial charge is 0.293 e. The molecule has 1 spiro atoms. The Morgan fingerprint density at radius 3 is 2.70 bits per heavy atom. The van der Waals surface area contributed by atoms with Crippen molar-refractivity contribution >= 4 is 12.3 Å². The molecule has 5 heteroatoms. The van der Waals surface area contributed by atoms with Crippen LogP contribution in [0.3, 0.4) is 0 Å². The van der Waals surface area contributed by atoms with Crippen LogP contribution in [-0.2, 0) is 23.8 Å². The first-order valence-electron chi connectivity index (χ1n) is 11.9. The fourth-order valence-electron chi connectivity index (χ4n) is 8.75. The van der Waals surface area contributed by atoms with Crippen molar-refractivity contribution in [1.82, 2.24) is 0 Å². The maximum Gasteiger partial charge on any atom is 0.293 e. The predicted molar refractivity (Wildman–Crippen MR) is 111 cm³/mol. The molecule has 5 rings (SSSR count). The minimum Gasteiger partial charge on any atom is -0.468 e. The van der Waals surface area contributed by atoms with Crippen molar-refractivity contribution in [3.8, 4) is 0 Å². The van der Waals surface area contributed by atoms with E-state index in [9.17, 15) is 9.59 Å². The lowest BCUT2D eigenvalue weighted by Gasteiger charge is -2.61. The summed E-state index contributed by atoms with van der Waals surface area (Å²) in [6.45, 7) is 9.00. The maximum atomic E-state index is 12.5. The number of hydrogen-bond acceptors (Lipinski definition) is 5. The Labute approximate surface area is 179 Å². The highest BCUT2D eigenvalue weighted by atomic mass is 16.7. The second-order valence-corrected chi connectivity index (χ2v) is 11.1. The third-order valence-electron chi connectivity index (χ3n) is 9.87. The van der Waals surface area contributed by atoms with E-state index >= 15 is 0 Å². The van der Waals surface area contributed by atoms with Gasteiger partial charge in [0, 0.05) is 18.8 Å². The van der Waals surface area contributed by atoms with Gasteiger partial charge in [0.2, 0.25) is 0 Å². The van der Waals surface area contributed by atoms with E-state index in [0.29, 0.717) is 55.7 Å². The van der Waals surface area contributed by atoms with Crippen LogP contribution in [0.5, 0.6) is 0 Å². The van der Waals surface area contributed by atoms with Crippen LogP contribution in [0.1, 0.15) is 65.7 Å². The topological polar surface area (TPSA) is 61.8 Å². The summed E-state index contributed by atoms with van der Waals surface area (Å²) in [5, 5.41) is 0. The van der Waals surface area contributed by atoms with Crippen LogP contribution in [0, 0.1) is 40.4 Å². The molecule has 0 N–H and O–H groups in total. The Morgan fingerprint density at radius 1 is 1.23 bits per heavy atom. The van der Waals surface area contributed by atoms with Crippen molar-refractivity contribution in [2.75, 3.05) is 19.8 Å². The van der Waals surface area contributed by atoms with Gasteiger partial charge in [0.25, 0.3) is 6.47 Å². The van der Waals surface area contributed by atoms with Crippen LogP contribution in [-0.4, -0.2) is 37.9 Å². The number of hydrogen-bond donors (Lipinski definition) is 0. The second kappa shape index (κ2) is 7.16. The summed E-state index contributed by atoms with van der Waals surface area (Å²) in [6, 6.07) is 0. The minimum absolute atomic E-state index is 0.0270. The zero-order valence-electron chi connectivity index (χ0n) is 18.7. The standard InChI is InChI=1S/C25H36O5/c1-16(27)20-6-7-21-19-5-4-18-13-25(29-10-11-30-25)9-8-23(18,2)22(19)17(14-28-15-26)12-24(20,21)3/h4,15,17,19-22H,5-14H2,1-3H3/t17-,19?,20?,21?,22?,23-,24+/m0/s1. The zero-order chi connectivity index (χ0) is 21.1. The molecule has 0 amide bonds. The van der Waals surface area contributed by atoms with Crippen LogP contribution in [0.15, 0.2) is 11.6 Å². The van der Waals surface area contributed by atoms with Gasteiger partial charge in [0.15, 0.2) is 5.79 Å².